The SMILES string of the molecule is CC=COc1ccc(CCc2ccc(-c3ccc(CC)cc3)cc2)c(F)c1F. The van der Waals surface area contributed by atoms with E-state index in [1.54, 1.807) is 19.1 Å². The standard InChI is InChI=1S/C25H24F2O/c1-3-17-28-23-16-15-22(24(26)25(23)27)14-9-19-7-12-21(13-8-19)20-10-5-18(4-2)6-11-20/h3,5-8,10-13,15-17H,4,9,14H2,1-2H3. The number of halogens is 2. The van der Waals surface area contributed by atoms with Gasteiger partial charge in [0.2, 0.25) is 5.82 Å². The Balaban J connectivity index is 1.67. The molecular weight excluding hydrogens is 354 g/mol. The molecule has 3 aromatic rings. The molecule has 28 heavy (non-hydrogen) atoms. The van der Waals surface area contributed by atoms with Crippen LogP contribution in [0.1, 0.15) is 30.5 Å². The van der Waals surface area contributed by atoms with Crippen molar-refractivity contribution in [1.29, 1.82) is 0 Å². The van der Waals surface area contributed by atoms with Crippen molar-refractivity contribution in [3.8, 4) is 16.9 Å². The molecule has 3 aromatic carbocycles. The molecule has 0 radical (unpaired) electrons. The van der Waals surface area contributed by atoms with Gasteiger partial charge in [-0.2, -0.15) is 4.39 Å². The third-order valence-electron chi connectivity index (χ3n) is 4.79. The fraction of sp³-hybridized carbons (Fsp3) is 0.200. The number of hydrogen-bond acceptors (Lipinski definition) is 1. The van der Waals surface area contributed by atoms with E-state index in [0.717, 1.165) is 17.5 Å². The highest BCUT2D eigenvalue weighted by molar-refractivity contribution is 5.64. The molecule has 0 fully saturated rings. The highest BCUT2D eigenvalue weighted by atomic mass is 19.2. The topological polar surface area (TPSA) is 9.23 Å². The van der Waals surface area contributed by atoms with Gasteiger partial charge in [-0.15, -0.1) is 0 Å². The molecule has 0 spiro atoms. The summed E-state index contributed by atoms with van der Waals surface area (Å²) in [7, 11) is 0. The minimum Gasteiger partial charge on any atom is -0.462 e. The van der Waals surface area contributed by atoms with Crippen LogP contribution in [-0.2, 0) is 19.3 Å². The summed E-state index contributed by atoms with van der Waals surface area (Å²) in [5.41, 5.74) is 5.08. The van der Waals surface area contributed by atoms with Crippen LogP contribution in [0, 0.1) is 11.6 Å². The summed E-state index contributed by atoms with van der Waals surface area (Å²) >= 11 is 0. The number of ether oxygens (including phenoxy) is 1. The average molecular weight is 378 g/mol. The first-order valence-electron chi connectivity index (χ1n) is 9.55. The summed E-state index contributed by atoms with van der Waals surface area (Å²) < 4.78 is 33.4. The average Bonchev–Trinajstić information content (AvgIpc) is 2.74. The Morgan fingerprint density at radius 2 is 1.36 bits per heavy atom. The number of allylic oxidation sites excluding steroid dienone is 1. The summed E-state index contributed by atoms with van der Waals surface area (Å²) in [5, 5.41) is 0. The molecule has 0 N–H and O–H groups in total. The minimum absolute atomic E-state index is 0.0993. The van der Waals surface area contributed by atoms with Crippen LogP contribution in [0.4, 0.5) is 8.78 Å². The molecule has 0 saturated carbocycles. The van der Waals surface area contributed by atoms with Crippen molar-refractivity contribution < 1.29 is 13.5 Å². The summed E-state index contributed by atoms with van der Waals surface area (Å²) in [6.45, 7) is 3.88. The second-order valence-electron chi connectivity index (χ2n) is 6.69. The van der Waals surface area contributed by atoms with E-state index >= 15 is 0 Å². The summed E-state index contributed by atoms with van der Waals surface area (Å²) in [6, 6.07) is 19.8. The van der Waals surface area contributed by atoms with Gasteiger partial charge in [-0.3, -0.25) is 0 Å². The molecule has 0 bridgehead atoms. The summed E-state index contributed by atoms with van der Waals surface area (Å²) in [5.74, 6) is -1.88. The van der Waals surface area contributed by atoms with E-state index in [2.05, 4.69) is 43.3 Å². The van der Waals surface area contributed by atoms with Gasteiger partial charge in [-0.05, 0) is 60.1 Å². The van der Waals surface area contributed by atoms with E-state index in [9.17, 15) is 8.78 Å². The first-order chi connectivity index (χ1) is 13.6. The molecule has 0 atom stereocenters. The van der Waals surface area contributed by atoms with Crippen molar-refractivity contribution in [1.82, 2.24) is 0 Å². The predicted octanol–water partition coefficient (Wildman–Crippen LogP) is 6.89. The van der Waals surface area contributed by atoms with E-state index in [0.29, 0.717) is 18.4 Å². The van der Waals surface area contributed by atoms with Gasteiger partial charge in [-0.25, -0.2) is 4.39 Å². The van der Waals surface area contributed by atoms with Gasteiger partial charge in [-0.1, -0.05) is 67.6 Å². The second kappa shape index (κ2) is 9.32. The number of benzene rings is 3. The maximum Gasteiger partial charge on any atom is 0.201 e. The van der Waals surface area contributed by atoms with Crippen molar-refractivity contribution in [2.75, 3.05) is 0 Å². The van der Waals surface area contributed by atoms with Crippen molar-refractivity contribution in [2.45, 2.75) is 33.1 Å². The first-order valence-corrected chi connectivity index (χ1v) is 9.55. The van der Waals surface area contributed by atoms with Crippen LogP contribution in [0.25, 0.3) is 11.1 Å². The minimum atomic E-state index is -0.943. The fourth-order valence-electron chi connectivity index (χ4n) is 3.07. The number of hydrogen-bond donors (Lipinski definition) is 0. The molecule has 0 aliphatic carbocycles. The Labute approximate surface area is 165 Å². The highest BCUT2D eigenvalue weighted by Gasteiger charge is 2.14. The largest absolute Gasteiger partial charge is 0.462 e. The monoisotopic (exact) mass is 378 g/mol. The molecule has 1 nitrogen and oxygen atoms in total. The summed E-state index contributed by atoms with van der Waals surface area (Å²) in [6.07, 6.45) is 5.04. The molecular formula is C25H24F2O. The third-order valence-corrected chi connectivity index (χ3v) is 4.79. The van der Waals surface area contributed by atoms with E-state index in [-0.39, 0.29) is 5.75 Å². The predicted molar refractivity (Wildman–Crippen MR) is 110 cm³/mol. The van der Waals surface area contributed by atoms with E-state index in [1.807, 2.05) is 12.1 Å². The van der Waals surface area contributed by atoms with E-state index < -0.39 is 11.6 Å². The molecule has 3 heteroatoms. The summed E-state index contributed by atoms with van der Waals surface area (Å²) in [4.78, 5) is 0. The second-order valence-corrected chi connectivity index (χ2v) is 6.69. The van der Waals surface area contributed by atoms with Crippen LogP contribution >= 0.6 is 0 Å². The smallest absolute Gasteiger partial charge is 0.201 e. The zero-order chi connectivity index (χ0) is 19.9. The van der Waals surface area contributed by atoms with Crippen molar-refractivity contribution in [3.63, 3.8) is 0 Å². The molecule has 144 valence electrons. The van der Waals surface area contributed by atoms with Gasteiger partial charge >= 0.3 is 0 Å². The van der Waals surface area contributed by atoms with Crippen LogP contribution < -0.4 is 4.74 Å². The lowest BCUT2D eigenvalue weighted by Gasteiger charge is -2.09. The molecule has 0 unspecified atom stereocenters. The molecule has 0 amide bonds. The Bertz CT molecular complexity index is 942. The zero-order valence-corrected chi connectivity index (χ0v) is 16.2. The van der Waals surface area contributed by atoms with Gasteiger partial charge < -0.3 is 4.74 Å². The van der Waals surface area contributed by atoms with Crippen molar-refractivity contribution in [3.05, 3.63) is 101 Å². The Morgan fingerprint density at radius 1 is 0.750 bits per heavy atom. The molecule has 0 aliphatic rings. The molecule has 0 saturated heterocycles. The molecule has 0 aliphatic heterocycles. The lowest BCUT2D eigenvalue weighted by atomic mass is 9.99. The van der Waals surface area contributed by atoms with Crippen molar-refractivity contribution in [2.24, 2.45) is 0 Å². The quantitative estimate of drug-likeness (QED) is 0.407. The first kappa shape index (κ1) is 19.8. The van der Waals surface area contributed by atoms with Gasteiger partial charge in [0.15, 0.2) is 11.6 Å². The Morgan fingerprint density at radius 3 is 1.93 bits per heavy atom. The highest BCUT2D eigenvalue weighted by Crippen LogP contribution is 2.25. The maximum atomic E-state index is 14.3. The number of aryl methyl sites for hydroxylation is 3. The normalized spacial score (nSPS) is 11.1. The maximum absolute atomic E-state index is 14.3. The van der Waals surface area contributed by atoms with Crippen LogP contribution in [0.5, 0.6) is 5.75 Å². The van der Waals surface area contributed by atoms with Gasteiger partial charge in [0.05, 0.1) is 6.26 Å². The lowest BCUT2D eigenvalue weighted by molar-refractivity contribution is 0.411. The van der Waals surface area contributed by atoms with Gasteiger partial charge in [0, 0.05) is 0 Å². The van der Waals surface area contributed by atoms with Gasteiger partial charge in [0.25, 0.3) is 0 Å². The molecule has 0 aromatic heterocycles. The third kappa shape index (κ3) is 4.66. The lowest BCUT2D eigenvalue weighted by Crippen LogP contribution is -2.00. The van der Waals surface area contributed by atoms with E-state index in [1.165, 1.54) is 23.5 Å². The van der Waals surface area contributed by atoms with Crippen LogP contribution in [0.2, 0.25) is 0 Å². The molecule has 0 heterocycles. The Hall–Kier alpha value is -2.94. The van der Waals surface area contributed by atoms with Crippen LogP contribution in [0.15, 0.2) is 73.0 Å². The van der Waals surface area contributed by atoms with Gasteiger partial charge in [0.1, 0.15) is 0 Å². The zero-order valence-electron chi connectivity index (χ0n) is 16.2. The number of rotatable bonds is 7. The fourth-order valence-corrected chi connectivity index (χ4v) is 3.07. The van der Waals surface area contributed by atoms with E-state index in [4.69, 9.17) is 4.74 Å². The molecule has 3 rings (SSSR count). The van der Waals surface area contributed by atoms with Crippen molar-refractivity contribution >= 4 is 0 Å². The Kier molecular flexibility index (Phi) is 6.59. The van der Waals surface area contributed by atoms with Crippen LogP contribution in [0.3, 0.4) is 0 Å². The van der Waals surface area contributed by atoms with Crippen LogP contribution in [-0.4, -0.2) is 0 Å².